The summed E-state index contributed by atoms with van der Waals surface area (Å²) in [6.07, 6.45) is 2.55. The van der Waals surface area contributed by atoms with E-state index in [9.17, 15) is 0 Å². The Morgan fingerprint density at radius 1 is 1.18 bits per heavy atom. The van der Waals surface area contributed by atoms with Crippen LogP contribution in [0, 0.1) is 0 Å². The van der Waals surface area contributed by atoms with E-state index < -0.39 is 0 Å². The molecule has 0 aliphatic carbocycles. The topological polar surface area (TPSA) is 60.7 Å². The molecule has 3 aromatic heterocycles. The van der Waals surface area contributed by atoms with Crippen LogP contribution in [0.3, 0.4) is 0 Å². The number of rotatable bonds is 6. The third kappa shape index (κ3) is 3.92. The number of hydrogen-bond donors (Lipinski definition) is 2. The molecule has 0 radical (unpaired) electrons. The average molecular weight is 418 g/mol. The highest BCUT2D eigenvalue weighted by Gasteiger charge is 2.21. The Morgan fingerprint density at radius 2 is 2.11 bits per heavy atom. The quantitative estimate of drug-likeness (QED) is 0.645. The molecule has 2 aliphatic heterocycles. The summed E-state index contributed by atoms with van der Waals surface area (Å²) in [5.74, 6) is 1.87. The highest BCUT2D eigenvalue weighted by Crippen LogP contribution is 2.38. The molecule has 28 heavy (non-hydrogen) atoms. The number of aromatic nitrogens is 2. The van der Waals surface area contributed by atoms with Crippen molar-refractivity contribution in [1.82, 2.24) is 9.97 Å². The lowest BCUT2D eigenvalue weighted by molar-refractivity contribution is -0.922. The Morgan fingerprint density at radius 3 is 2.89 bits per heavy atom. The van der Waals surface area contributed by atoms with E-state index in [1.165, 1.54) is 15.3 Å². The summed E-state index contributed by atoms with van der Waals surface area (Å²) >= 11 is 3.47. The smallest absolute Gasteiger partial charge is 0.187 e. The minimum absolute atomic E-state index is 0.280. The van der Waals surface area contributed by atoms with Crippen molar-refractivity contribution in [2.24, 2.45) is 0 Å². The van der Waals surface area contributed by atoms with E-state index in [2.05, 4.69) is 28.2 Å². The zero-order chi connectivity index (χ0) is 18.8. The average Bonchev–Trinajstić information content (AvgIpc) is 3.47. The number of anilines is 1. The van der Waals surface area contributed by atoms with Crippen LogP contribution in [0.5, 0.6) is 0 Å². The lowest BCUT2D eigenvalue weighted by Crippen LogP contribution is -3.12. The second-order valence-electron chi connectivity index (χ2n) is 7.35. The molecule has 5 heterocycles. The van der Waals surface area contributed by atoms with Crippen LogP contribution >= 0.6 is 22.7 Å². The van der Waals surface area contributed by atoms with E-state index in [0.717, 1.165) is 80.7 Å². The molecule has 5 rings (SSSR count). The molecule has 0 bridgehead atoms. The van der Waals surface area contributed by atoms with E-state index in [1.54, 1.807) is 22.7 Å². The van der Waals surface area contributed by atoms with E-state index in [0.29, 0.717) is 0 Å². The fourth-order valence-electron chi connectivity index (χ4n) is 3.88. The van der Waals surface area contributed by atoms with Crippen molar-refractivity contribution in [2.75, 3.05) is 44.8 Å². The molecule has 1 atom stereocenters. The van der Waals surface area contributed by atoms with Crippen LogP contribution in [-0.4, -0.2) is 55.5 Å². The van der Waals surface area contributed by atoms with Crippen molar-refractivity contribution >= 4 is 38.7 Å². The molecule has 2 saturated heterocycles. The Bertz CT molecular complexity index is 916. The van der Waals surface area contributed by atoms with Crippen LogP contribution in [0.25, 0.3) is 20.7 Å². The second-order valence-corrected chi connectivity index (χ2v) is 9.16. The van der Waals surface area contributed by atoms with Gasteiger partial charge in [0, 0.05) is 29.0 Å². The van der Waals surface area contributed by atoms with Gasteiger partial charge < -0.3 is 19.7 Å². The first-order chi connectivity index (χ1) is 13.9. The van der Waals surface area contributed by atoms with Crippen molar-refractivity contribution in [1.29, 1.82) is 0 Å². The van der Waals surface area contributed by atoms with Crippen molar-refractivity contribution in [3.05, 3.63) is 28.7 Å². The monoisotopic (exact) mass is 417 g/mol. The van der Waals surface area contributed by atoms with Crippen LogP contribution in [0.1, 0.15) is 18.7 Å². The summed E-state index contributed by atoms with van der Waals surface area (Å²) < 4.78 is 11.3. The zero-order valence-corrected chi connectivity index (χ0v) is 17.4. The van der Waals surface area contributed by atoms with E-state index in [4.69, 9.17) is 19.4 Å². The predicted molar refractivity (Wildman–Crippen MR) is 113 cm³/mol. The molecule has 3 aromatic rings. The third-order valence-corrected chi connectivity index (χ3v) is 7.17. The Hall–Kier alpha value is -1.58. The Balaban J connectivity index is 1.48. The maximum Gasteiger partial charge on any atom is 0.187 e. The first-order valence-corrected chi connectivity index (χ1v) is 11.7. The largest absolute Gasteiger partial charge is 0.376 e. The second kappa shape index (κ2) is 8.42. The van der Waals surface area contributed by atoms with Crippen LogP contribution < -0.4 is 10.2 Å². The van der Waals surface area contributed by atoms with Gasteiger partial charge in [0.1, 0.15) is 30.3 Å². The molecule has 2 aliphatic rings. The number of nitrogens with one attached hydrogen (secondary N) is 2. The number of hydrogen-bond acceptors (Lipinski definition) is 7. The van der Waals surface area contributed by atoms with Crippen molar-refractivity contribution in [3.63, 3.8) is 0 Å². The molecule has 2 N–H and O–H groups in total. The van der Waals surface area contributed by atoms with E-state index in [-0.39, 0.29) is 6.10 Å². The standard InChI is InChI=1S/C20H24N4O2S2/c1-3-14(26-7-1)11-21-19-18-15(16-4-2-10-27-16)13-28-20(18)23-17(22-19)12-24-5-8-25-9-6-24/h2,4,10,13-14H,1,3,5-9,11-12H2,(H,21,22,23)/p+1/t14-/m0/s1. The summed E-state index contributed by atoms with van der Waals surface area (Å²) in [7, 11) is 0. The number of fused-ring (bicyclic) bond motifs is 1. The van der Waals surface area contributed by atoms with Gasteiger partial charge in [0.15, 0.2) is 5.82 Å². The van der Waals surface area contributed by atoms with Gasteiger partial charge in [-0.2, -0.15) is 0 Å². The van der Waals surface area contributed by atoms with Gasteiger partial charge in [0.25, 0.3) is 0 Å². The van der Waals surface area contributed by atoms with Crippen LogP contribution in [-0.2, 0) is 16.0 Å². The molecule has 6 nitrogen and oxygen atoms in total. The van der Waals surface area contributed by atoms with Gasteiger partial charge in [-0.15, -0.1) is 22.7 Å². The van der Waals surface area contributed by atoms with Crippen LogP contribution in [0.15, 0.2) is 22.9 Å². The number of morpholine rings is 1. The molecule has 0 aromatic carbocycles. The Labute approximate surface area is 172 Å². The summed E-state index contributed by atoms with van der Waals surface area (Å²) in [5.41, 5.74) is 1.23. The van der Waals surface area contributed by atoms with Gasteiger partial charge in [0.05, 0.1) is 24.7 Å². The molecule has 148 valence electrons. The lowest BCUT2D eigenvalue weighted by atomic mass is 10.2. The maximum absolute atomic E-state index is 5.80. The van der Waals surface area contributed by atoms with Crippen LogP contribution in [0.4, 0.5) is 5.82 Å². The molecule has 0 saturated carbocycles. The van der Waals surface area contributed by atoms with Crippen molar-refractivity contribution in [3.8, 4) is 10.4 Å². The number of ether oxygens (including phenoxy) is 2. The lowest BCUT2D eigenvalue weighted by Gasteiger charge is -2.23. The summed E-state index contributed by atoms with van der Waals surface area (Å²) in [6.45, 7) is 6.20. The maximum atomic E-state index is 5.80. The van der Waals surface area contributed by atoms with Crippen molar-refractivity contribution in [2.45, 2.75) is 25.5 Å². The SMILES string of the molecule is c1csc(-c2csc3nc(C[NH+]4CCOCC4)nc(NC[C@@H]4CCCO4)c23)c1. The van der Waals surface area contributed by atoms with Crippen molar-refractivity contribution < 1.29 is 14.4 Å². The molecule has 2 fully saturated rings. The van der Waals surface area contributed by atoms with Crippen LogP contribution in [0.2, 0.25) is 0 Å². The van der Waals surface area contributed by atoms with Gasteiger partial charge >= 0.3 is 0 Å². The Kier molecular flexibility index (Phi) is 5.55. The van der Waals surface area contributed by atoms with Gasteiger partial charge in [-0.25, -0.2) is 9.97 Å². The highest BCUT2D eigenvalue weighted by molar-refractivity contribution is 7.18. The number of thiophene rings is 2. The summed E-state index contributed by atoms with van der Waals surface area (Å²) in [6, 6.07) is 4.27. The first-order valence-electron chi connectivity index (χ1n) is 9.95. The zero-order valence-electron chi connectivity index (χ0n) is 15.8. The highest BCUT2D eigenvalue weighted by atomic mass is 32.1. The predicted octanol–water partition coefficient (Wildman–Crippen LogP) is 2.43. The van der Waals surface area contributed by atoms with Gasteiger partial charge in [0.2, 0.25) is 0 Å². The third-order valence-electron chi connectivity index (χ3n) is 5.40. The molecular weight excluding hydrogens is 392 g/mol. The summed E-state index contributed by atoms with van der Waals surface area (Å²) in [4.78, 5) is 13.7. The van der Waals surface area contributed by atoms with E-state index in [1.807, 2.05) is 0 Å². The first kappa shape index (κ1) is 18.4. The van der Waals surface area contributed by atoms with Gasteiger partial charge in [-0.1, -0.05) is 6.07 Å². The molecule has 0 amide bonds. The molecule has 8 heteroatoms. The normalized spacial score (nSPS) is 20.8. The fourth-order valence-corrected chi connectivity index (χ4v) is 5.66. The van der Waals surface area contributed by atoms with Gasteiger partial charge in [-0.3, -0.25) is 0 Å². The molecule has 0 unspecified atom stereocenters. The minimum Gasteiger partial charge on any atom is -0.376 e. The fraction of sp³-hybridized carbons (Fsp3) is 0.500. The molecule has 0 spiro atoms. The summed E-state index contributed by atoms with van der Waals surface area (Å²) in [5, 5.41) is 9.08. The van der Waals surface area contributed by atoms with Gasteiger partial charge in [-0.05, 0) is 24.3 Å². The molecular formula is C20H25N4O2S2+. The number of nitrogens with zero attached hydrogens (tertiary/aromatic N) is 2. The minimum atomic E-state index is 0.280. The number of quaternary nitrogens is 1. The van der Waals surface area contributed by atoms with E-state index >= 15 is 0 Å².